The van der Waals surface area contributed by atoms with Crippen molar-refractivity contribution in [1.82, 2.24) is 0 Å². The predicted octanol–water partition coefficient (Wildman–Crippen LogP) is 17.3. The van der Waals surface area contributed by atoms with Crippen molar-refractivity contribution in [3.63, 3.8) is 0 Å². The first-order chi connectivity index (χ1) is 45.2. The van der Waals surface area contributed by atoms with Crippen LogP contribution in [0.5, 0.6) is 0 Å². The van der Waals surface area contributed by atoms with E-state index in [0.717, 1.165) is 51.4 Å². The molecule has 0 saturated heterocycles. The summed E-state index contributed by atoms with van der Waals surface area (Å²) in [5.74, 6) is -8.95. The van der Waals surface area contributed by atoms with E-state index < -0.39 is 78.7 Å². The van der Waals surface area contributed by atoms with Crippen molar-refractivity contribution in [2.24, 2.45) is 5.92 Å². The number of carboxylic acids is 6. The molecule has 0 saturated carbocycles. The number of aliphatic carboxylic acids is 6. The van der Waals surface area contributed by atoms with Gasteiger partial charge in [-0.15, -0.1) is 0 Å². The van der Waals surface area contributed by atoms with Crippen molar-refractivity contribution in [3.05, 3.63) is 0 Å². The van der Waals surface area contributed by atoms with Gasteiger partial charge >= 0.3 is 53.9 Å². The van der Waals surface area contributed by atoms with Crippen LogP contribution in [0.1, 0.15) is 376 Å². The van der Waals surface area contributed by atoms with E-state index >= 15 is 0 Å². The molecule has 0 aliphatic carbocycles. The number of hydrogen-bond acceptors (Lipinski definition) is 16. The van der Waals surface area contributed by atoms with E-state index in [-0.39, 0.29) is 66.7 Å². The third kappa shape index (κ3) is 105. The molecule has 0 aliphatic heterocycles. The van der Waals surface area contributed by atoms with Crippen LogP contribution in [0.2, 0.25) is 0 Å². The number of aliphatic hydroxyl groups is 4. The van der Waals surface area contributed by atoms with Crippen LogP contribution in [0.15, 0.2) is 0 Å². The van der Waals surface area contributed by atoms with Crippen LogP contribution < -0.4 is 0 Å². The standard InChI is InChI=1S/C25H46O7.C21H40O4.C18H36O2.C4H6O5.C3H8O2.CO2.2CH4/c1-2-3-4-5-6-7-8-9-10-11-12-13-14-15-16-18-23(27)32-22(25(29)30)21-24(28)31-20-17-19-26;1-2-3-4-5-6-7-8-9-10-11-12-13-14-15-16-17-19(21(24)25)18-20(22)23;1-2-3-4-5-6-7-8-9-10-11-12-13-14-15-16-17-18(19)20;5-2(4(8)9)1-3(6)7;4-2-1-3-5;2-1-3;;/h22,26H,2-21H2,1H3,(H,29,30);19H,2-18H2,1H3,(H,22,23)(H,24,25);2-17H2,1H3,(H,19,20);2,5H,1H2,(H,6,7)(H,8,9);4-5H,1-3H2;;2*1H4. The molecule has 0 aromatic heterocycles. The van der Waals surface area contributed by atoms with E-state index in [2.05, 4.69) is 20.8 Å². The van der Waals surface area contributed by atoms with Crippen molar-refractivity contribution in [2.45, 2.75) is 388 Å². The normalized spacial score (nSPS) is 11.1. The van der Waals surface area contributed by atoms with Crippen LogP contribution >= 0.6 is 0 Å². The summed E-state index contributed by atoms with van der Waals surface area (Å²) in [7, 11) is 0. The summed E-state index contributed by atoms with van der Waals surface area (Å²) >= 11 is 0. The minimum Gasteiger partial charge on any atom is -0.481 e. The van der Waals surface area contributed by atoms with Gasteiger partial charge in [0.15, 0.2) is 6.10 Å². The molecule has 0 aromatic carbocycles. The lowest BCUT2D eigenvalue weighted by molar-refractivity contribution is -0.192. The van der Waals surface area contributed by atoms with Crippen LogP contribution in [-0.4, -0.2) is 144 Å². The van der Waals surface area contributed by atoms with Gasteiger partial charge in [0.2, 0.25) is 6.10 Å². The average Bonchev–Trinajstić information content (AvgIpc) is 1.43. The molecule has 3 atom stereocenters. The molecule has 0 amide bonds. The Morgan fingerprint density at radius 2 is 0.604 bits per heavy atom. The van der Waals surface area contributed by atoms with Crippen LogP contribution in [0.3, 0.4) is 0 Å². The molecule has 0 fully saturated rings. The van der Waals surface area contributed by atoms with Crippen LogP contribution in [-0.2, 0) is 57.4 Å². The molecule has 3 unspecified atom stereocenters. The third-order valence-electron chi connectivity index (χ3n) is 15.3. The van der Waals surface area contributed by atoms with Gasteiger partial charge in [-0.25, -0.2) is 9.59 Å². The molecule has 10 N–H and O–H groups in total. The molecule has 0 radical (unpaired) electrons. The molecule has 22 heteroatoms. The average molecular weight is 1390 g/mol. The highest BCUT2D eigenvalue weighted by Gasteiger charge is 2.26. The second-order valence-corrected chi connectivity index (χ2v) is 24.3. The zero-order valence-corrected chi connectivity index (χ0v) is 58.9. The maximum absolute atomic E-state index is 11.9. The van der Waals surface area contributed by atoms with Gasteiger partial charge < -0.3 is 60.5 Å². The number of hydrogen-bond donors (Lipinski definition) is 10. The first-order valence-electron chi connectivity index (χ1n) is 36.4. The van der Waals surface area contributed by atoms with E-state index in [9.17, 15) is 38.4 Å². The minimum atomic E-state index is -1.79. The summed E-state index contributed by atoms with van der Waals surface area (Å²) < 4.78 is 9.70. The molecular weight excluding hydrogens is 1240 g/mol. The van der Waals surface area contributed by atoms with Crippen molar-refractivity contribution in [1.29, 1.82) is 0 Å². The van der Waals surface area contributed by atoms with E-state index in [4.69, 9.17) is 70.1 Å². The van der Waals surface area contributed by atoms with E-state index in [1.54, 1.807) is 0 Å². The van der Waals surface area contributed by atoms with Crippen LogP contribution in [0.4, 0.5) is 0 Å². The van der Waals surface area contributed by atoms with Gasteiger partial charge in [0, 0.05) is 39.1 Å². The quantitative estimate of drug-likeness (QED) is 0.0200. The smallest absolute Gasteiger partial charge is 0.373 e. The molecular formula is C74H144O22. The van der Waals surface area contributed by atoms with Gasteiger partial charge in [-0.2, -0.15) is 9.59 Å². The molecule has 22 nitrogen and oxygen atoms in total. The van der Waals surface area contributed by atoms with Crippen molar-refractivity contribution in [2.75, 3.05) is 26.4 Å². The minimum absolute atomic E-state index is 0. The molecule has 0 rings (SSSR count). The van der Waals surface area contributed by atoms with E-state index in [0.29, 0.717) is 25.7 Å². The highest BCUT2D eigenvalue weighted by molar-refractivity contribution is 5.83. The first kappa shape index (κ1) is 107. The highest BCUT2D eigenvalue weighted by Crippen LogP contribution is 2.19. The fourth-order valence-corrected chi connectivity index (χ4v) is 9.76. The van der Waals surface area contributed by atoms with Crippen molar-refractivity contribution in [3.8, 4) is 0 Å². The Labute approximate surface area is 580 Å². The van der Waals surface area contributed by atoms with Crippen molar-refractivity contribution < 1.29 is 108 Å². The lowest BCUT2D eigenvalue weighted by atomic mass is 9.97. The molecule has 572 valence electrons. The largest absolute Gasteiger partial charge is 0.481 e. The molecule has 0 spiro atoms. The number of ether oxygens (including phenoxy) is 2. The van der Waals surface area contributed by atoms with Crippen molar-refractivity contribution >= 4 is 53.9 Å². The Kier molecular flexibility index (Phi) is 103. The van der Waals surface area contributed by atoms with E-state index in [1.165, 1.54) is 231 Å². The number of rotatable bonds is 63. The van der Waals surface area contributed by atoms with Gasteiger partial charge in [0.25, 0.3) is 0 Å². The lowest BCUT2D eigenvalue weighted by Crippen LogP contribution is -2.30. The summed E-state index contributed by atoms with van der Waals surface area (Å²) in [6.45, 7) is 6.85. The number of aliphatic hydroxyl groups excluding tert-OH is 4. The number of unbranched alkanes of at least 4 members (excludes halogenated alkanes) is 42. The predicted molar refractivity (Wildman–Crippen MR) is 378 cm³/mol. The molecule has 96 heavy (non-hydrogen) atoms. The maximum Gasteiger partial charge on any atom is 0.373 e. The molecule has 0 aliphatic rings. The number of carbonyl (C=O) groups excluding carboxylic acids is 4. The Bertz CT molecular complexity index is 1720. The maximum atomic E-state index is 11.9. The number of carbonyl (C=O) groups is 8. The first-order valence-corrected chi connectivity index (χ1v) is 36.4. The lowest BCUT2D eigenvalue weighted by Gasteiger charge is -2.13. The molecule has 0 heterocycles. The number of esters is 2. The fraction of sp³-hybridized carbons (Fsp3) is 0.878. The highest BCUT2D eigenvalue weighted by atomic mass is 16.6. The second-order valence-electron chi connectivity index (χ2n) is 24.3. The summed E-state index contributed by atoms with van der Waals surface area (Å²) in [5.41, 5.74) is 0. The van der Waals surface area contributed by atoms with Crippen LogP contribution in [0, 0.1) is 5.92 Å². The van der Waals surface area contributed by atoms with E-state index in [1.807, 2.05) is 0 Å². The number of carboxylic acid groups (broad SMARTS) is 6. The summed E-state index contributed by atoms with van der Waals surface area (Å²) in [5, 5.41) is 83.9. The van der Waals surface area contributed by atoms with Gasteiger partial charge in [-0.05, 0) is 25.7 Å². The summed E-state index contributed by atoms with van der Waals surface area (Å²) in [4.78, 5) is 102. The van der Waals surface area contributed by atoms with Gasteiger partial charge in [0.1, 0.15) is 0 Å². The monoisotopic (exact) mass is 1390 g/mol. The zero-order valence-electron chi connectivity index (χ0n) is 58.9. The Hall–Kier alpha value is -5.02. The second kappa shape index (κ2) is 92.0. The Morgan fingerprint density at radius 3 is 0.833 bits per heavy atom. The zero-order chi connectivity index (χ0) is 71.8. The molecule has 0 bridgehead atoms. The Balaban J connectivity index is -0.000000180. The van der Waals surface area contributed by atoms with Gasteiger partial charge in [0.05, 0.1) is 31.8 Å². The topological polar surface area (TPSA) is 391 Å². The van der Waals surface area contributed by atoms with Gasteiger partial charge in [-0.1, -0.05) is 312 Å². The van der Waals surface area contributed by atoms with Gasteiger partial charge in [-0.3, -0.25) is 28.8 Å². The Morgan fingerprint density at radius 1 is 0.323 bits per heavy atom. The molecule has 0 aromatic rings. The third-order valence-corrected chi connectivity index (χ3v) is 15.3. The summed E-state index contributed by atoms with van der Waals surface area (Å²) in [6.07, 6.45) is 54.7. The SMILES string of the molecule is C.C.CCCCCCCCCCCCCCCCCC(=O)O.CCCCCCCCCCCCCCCCCC(=O)OC(CC(=O)OCCCO)C(=O)O.CCCCCCCCCCCCCCCCCC(CC(=O)O)C(=O)O.O=C(O)CC(O)C(=O)O.O=C=O.OCCCO. The summed E-state index contributed by atoms with van der Waals surface area (Å²) in [6, 6.07) is 0. The van der Waals surface area contributed by atoms with Crippen LogP contribution in [0.25, 0.3) is 0 Å². The fourth-order valence-electron chi connectivity index (χ4n) is 9.76.